The molecule has 128 valence electrons. The molecule has 1 aromatic carbocycles. The number of hydrogen-bond donors (Lipinski definition) is 2. The summed E-state index contributed by atoms with van der Waals surface area (Å²) in [5.74, 6) is 0. The van der Waals surface area contributed by atoms with Gasteiger partial charge >= 0.3 is 6.03 Å². The number of amides is 2. The van der Waals surface area contributed by atoms with Crippen molar-refractivity contribution in [3.63, 3.8) is 0 Å². The van der Waals surface area contributed by atoms with E-state index < -0.39 is 0 Å². The number of benzene rings is 1. The summed E-state index contributed by atoms with van der Waals surface area (Å²) in [6.45, 7) is 3.04. The minimum atomic E-state index is -0.181. The van der Waals surface area contributed by atoms with Crippen molar-refractivity contribution in [2.24, 2.45) is 0 Å². The summed E-state index contributed by atoms with van der Waals surface area (Å²) in [4.78, 5) is 16.0. The minimum Gasteiger partial charge on any atom is -0.338 e. The van der Waals surface area contributed by atoms with Crippen molar-refractivity contribution in [2.45, 2.75) is 19.9 Å². The summed E-state index contributed by atoms with van der Waals surface area (Å²) >= 11 is 0. The Labute approximate surface area is 146 Å². The minimum absolute atomic E-state index is 0.181. The van der Waals surface area contributed by atoms with Crippen LogP contribution >= 0.6 is 0 Å². The smallest absolute Gasteiger partial charge is 0.315 e. The Balaban J connectivity index is 1.44. The third kappa shape index (κ3) is 4.67. The molecule has 0 aliphatic rings. The molecule has 2 amide bonds. The average molecular weight is 335 g/mol. The molecule has 0 aliphatic carbocycles. The van der Waals surface area contributed by atoms with Crippen LogP contribution in [0.15, 0.2) is 61.2 Å². The number of nitrogens with one attached hydrogen (secondary N) is 2. The van der Waals surface area contributed by atoms with E-state index in [1.54, 1.807) is 17.1 Å². The first kappa shape index (κ1) is 16.7. The molecule has 25 heavy (non-hydrogen) atoms. The van der Waals surface area contributed by atoms with Gasteiger partial charge in [-0.05, 0) is 42.7 Å². The molecule has 3 aromatic rings. The molecule has 0 saturated carbocycles. The van der Waals surface area contributed by atoms with Gasteiger partial charge < -0.3 is 10.6 Å². The number of rotatable bonds is 6. The lowest BCUT2D eigenvalue weighted by Gasteiger charge is -2.08. The Morgan fingerprint density at radius 3 is 2.76 bits per heavy atom. The number of nitrogens with zero attached hydrogens (tertiary/aromatic N) is 3. The SMILES string of the molecule is Cc1cnccc1CCNC(=O)NCc1cnn(-c2ccccc2)c1. The highest BCUT2D eigenvalue weighted by Gasteiger charge is 2.04. The lowest BCUT2D eigenvalue weighted by molar-refractivity contribution is 0.240. The van der Waals surface area contributed by atoms with Gasteiger partial charge in [0.25, 0.3) is 0 Å². The van der Waals surface area contributed by atoms with Gasteiger partial charge in [-0.15, -0.1) is 0 Å². The largest absolute Gasteiger partial charge is 0.338 e. The third-order valence-corrected chi connectivity index (χ3v) is 3.93. The molecular weight excluding hydrogens is 314 g/mol. The number of carbonyl (C=O) groups excluding carboxylic acids is 1. The zero-order valence-corrected chi connectivity index (χ0v) is 14.1. The van der Waals surface area contributed by atoms with Crippen LogP contribution in [-0.2, 0) is 13.0 Å². The van der Waals surface area contributed by atoms with E-state index in [2.05, 4.69) is 20.7 Å². The standard InChI is InChI=1S/C19H21N5O/c1-15-11-20-9-7-17(15)8-10-21-19(25)22-12-16-13-23-24(14-16)18-5-3-2-4-6-18/h2-7,9,11,13-14H,8,10,12H2,1H3,(H2,21,22,25). The maximum Gasteiger partial charge on any atom is 0.315 e. The third-order valence-electron chi connectivity index (χ3n) is 3.93. The topological polar surface area (TPSA) is 71.8 Å². The van der Waals surface area contributed by atoms with E-state index in [-0.39, 0.29) is 6.03 Å². The maximum atomic E-state index is 11.9. The van der Waals surface area contributed by atoms with Gasteiger partial charge in [-0.3, -0.25) is 4.98 Å². The average Bonchev–Trinajstić information content (AvgIpc) is 3.11. The van der Waals surface area contributed by atoms with E-state index in [0.717, 1.165) is 23.2 Å². The van der Waals surface area contributed by atoms with Crippen LogP contribution in [0.1, 0.15) is 16.7 Å². The molecule has 6 nitrogen and oxygen atoms in total. The van der Waals surface area contributed by atoms with Crippen molar-refractivity contribution in [3.05, 3.63) is 77.9 Å². The van der Waals surface area contributed by atoms with Crippen LogP contribution in [0.25, 0.3) is 5.69 Å². The van der Waals surface area contributed by atoms with Gasteiger partial charge in [0.15, 0.2) is 0 Å². The number of pyridine rings is 1. The van der Waals surface area contributed by atoms with Crippen LogP contribution in [0.5, 0.6) is 0 Å². The molecule has 2 N–H and O–H groups in total. The molecule has 0 unspecified atom stereocenters. The van der Waals surface area contributed by atoms with Crippen LogP contribution in [0.2, 0.25) is 0 Å². The number of para-hydroxylation sites is 1. The van der Waals surface area contributed by atoms with Gasteiger partial charge in [0, 0.05) is 37.2 Å². The second-order valence-electron chi connectivity index (χ2n) is 5.79. The van der Waals surface area contributed by atoms with E-state index in [1.807, 2.05) is 55.7 Å². The molecule has 0 aliphatic heterocycles. The zero-order valence-electron chi connectivity index (χ0n) is 14.1. The first-order chi connectivity index (χ1) is 12.2. The van der Waals surface area contributed by atoms with Gasteiger partial charge in [0.2, 0.25) is 0 Å². The number of carbonyl (C=O) groups is 1. The van der Waals surface area contributed by atoms with Gasteiger partial charge in [0.05, 0.1) is 11.9 Å². The van der Waals surface area contributed by atoms with Crippen molar-refractivity contribution in [3.8, 4) is 5.69 Å². The number of aromatic nitrogens is 3. The fourth-order valence-corrected chi connectivity index (χ4v) is 2.51. The van der Waals surface area contributed by atoms with Gasteiger partial charge in [-0.25, -0.2) is 9.48 Å². The van der Waals surface area contributed by atoms with E-state index in [1.165, 1.54) is 5.56 Å². The number of urea groups is 1. The fourth-order valence-electron chi connectivity index (χ4n) is 2.51. The molecule has 2 aromatic heterocycles. The Morgan fingerprint density at radius 2 is 1.96 bits per heavy atom. The van der Waals surface area contributed by atoms with Crippen LogP contribution in [0.4, 0.5) is 4.79 Å². The molecule has 2 heterocycles. The summed E-state index contributed by atoms with van der Waals surface area (Å²) in [6.07, 6.45) is 8.06. The Kier molecular flexibility index (Phi) is 5.41. The lowest BCUT2D eigenvalue weighted by atomic mass is 10.1. The molecular formula is C19H21N5O. The summed E-state index contributed by atoms with van der Waals surface area (Å²) < 4.78 is 1.79. The molecule has 0 fully saturated rings. The van der Waals surface area contributed by atoms with Crippen LogP contribution in [0.3, 0.4) is 0 Å². The molecule has 0 bridgehead atoms. The number of aryl methyl sites for hydroxylation is 1. The quantitative estimate of drug-likeness (QED) is 0.727. The first-order valence-electron chi connectivity index (χ1n) is 8.22. The molecule has 6 heteroatoms. The zero-order chi connectivity index (χ0) is 17.5. The van der Waals surface area contributed by atoms with Gasteiger partial charge in [-0.1, -0.05) is 18.2 Å². The monoisotopic (exact) mass is 335 g/mol. The van der Waals surface area contributed by atoms with Crippen molar-refractivity contribution in [1.82, 2.24) is 25.4 Å². The van der Waals surface area contributed by atoms with Crippen LogP contribution < -0.4 is 10.6 Å². The molecule has 0 radical (unpaired) electrons. The predicted octanol–water partition coefficient (Wildman–Crippen LogP) is 2.62. The summed E-state index contributed by atoms with van der Waals surface area (Å²) in [5, 5.41) is 10.0. The van der Waals surface area contributed by atoms with Crippen LogP contribution in [0, 0.1) is 6.92 Å². The second kappa shape index (κ2) is 8.10. The van der Waals surface area contributed by atoms with Gasteiger partial charge in [-0.2, -0.15) is 5.10 Å². The van der Waals surface area contributed by atoms with E-state index in [0.29, 0.717) is 13.1 Å². The van der Waals surface area contributed by atoms with Crippen molar-refractivity contribution >= 4 is 6.03 Å². The van der Waals surface area contributed by atoms with Gasteiger partial charge in [0.1, 0.15) is 0 Å². The van der Waals surface area contributed by atoms with Crippen LogP contribution in [-0.4, -0.2) is 27.3 Å². The Bertz CT molecular complexity index is 829. The Morgan fingerprint density at radius 1 is 1.12 bits per heavy atom. The highest BCUT2D eigenvalue weighted by atomic mass is 16.2. The molecule has 0 saturated heterocycles. The molecule has 0 atom stereocenters. The van der Waals surface area contributed by atoms with Crippen molar-refractivity contribution < 1.29 is 4.79 Å². The predicted molar refractivity (Wildman–Crippen MR) is 96.5 cm³/mol. The maximum absolute atomic E-state index is 11.9. The lowest BCUT2D eigenvalue weighted by Crippen LogP contribution is -2.36. The molecule has 3 rings (SSSR count). The summed E-state index contributed by atoms with van der Waals surface area (Å²) in [5.41, 5.74) is 4.27. The number of hydrogen-bond acceptors (Lipinski definition) is 3. The van der Waals surface area contributed by atoms with E-state index in [9.17, 15) is 4.79 Å². The first-order valence-corrected chi connectivity index (χ1v) is 8.22. The summed E-state index contributed by atoms with van der Waals surface area (Å²) in [6, 6.07) is 11.7. The van der Waals surface area contributed by atoms with Crippen molar-refractivity contribution in [2.75, 3.05) is 6.54 Å². The highest BCUT2D eigenvalue weighted by molar-refractivity contribution is 5.73. The van der Waals surface area contributed by atoms with Crippen molar-refractivity contribution in [1.29, 1.82) is 0 Å². The van der Waals surface area contributed by atoms with E-state index in [4.69, 9.17) is 0 Å². The second-order valence-corrected chi connectivity index (χ2v) is 5.79. The highest BCUT2D eigenvalue weighted by Crippen LogP contribution is 2.07. The normalized spacial score (nSPS) is 10.4. The fraction of sp³-hybridized carbons (Fsp3) is 0.211. The Hall–Kier alpha value is -3.15. The summed E-state index contributed by atoms with van der Waals surface area (Å²) in [7, 11) is 0. The van der Waals surface area contributed by atoms with E-state index >= 15 is 0 Å². The molecule has 0 spiro atoms.